The van der Waals surface area contributed by atoms with Gasteiger partial charge in [-0.2, -0.15) is 0 Å². The maximum Gasteiger partial charge on any atom is 0.367 e. The van der Waals surface area contributed by atoms with Crippen LogP contribution in [0.1, 0.15) is 9.80 Å². The summed E-state index contributed by atoms with van der Waals surface area (Å²) in [5, 5.41) is 0.0111. The number of nitrogens with zero attached hydrogens (tertiary/aromatic N) is 1. The second-order valence-electron chi connectivity index (χ2n) is 2.74. The third-order valence-corrected chi connectivity index (χ3v) is 2.76. The van der Waals surface area contributed by atoms with Crippen molar-refractivity contribution >= 4 is 27.5 Å². The molecule has 6 heteroatoms. The van der Waals surface area contributed by atoms with Gasteiger partial charge in [-0.3, -0.25) is 0 Å². The number of hydrogen-bond acceptors (Lipinski definition) is 4. The first-order valence-electron chi connectivity index (χ1n) is 3.95. The fourth-order valence-electron chi connectivity index (χ4n) is 1.13. The molecule has 0 fully saturated rings. The van der Waals surface area contributed by atoms with Crippen LogP contribution in [0, 0.1) is 11.6 Å². The summed E-state index contributed by atoms with van der Waals surface area (Å²) in [6, 6.07) is 1.85. The van der Waals surface area contributed by atoms with Crippen LogP contribution in [0.3, 0.4) is 0 Å². The number of thiazole rings is 1. The van der Waals surface area contributed by atoms with Gasteiger partial charge in [0.25, 0.3) is 0 Å². The molecule has 0 spiro atoms. The van der Waals surface area contributed by atoms with E-state index in [1.165, 1.54) is 7.11 Å². The Morgan fingerprint density at radius 2 is 2.20 bits per heavy atom. The lowest BCUT2D eigenvalue weighted by atomic mass is 10.3. The topological polar surface area (TPSA) is 39.2 Å². The first-order chi connectivity index (χ1) is 7.11. The number of methoxy groups -OCH3 is 1. The molecule has 0 saturated carbocycles. The zero-order valence-electron chi connectivity index (χ0n) is 7.58. The molecule has 0 bridgehead atoms. The number of carbonyl (C=O) groups excluding carboxylic acids is 1. The quantitative estimate of drug-likeness (QED) is 0.704. The van der Waals surface area contributed by atoms with Gasteiger partial charge >= 0.3 is 5.97 Å². The second kappa shape index (κ2) is 3.54. The summed E-state index contributed by atoms with van der Waals surface area (Å²) in [4.78, 5) is 14.8. The van der Waals surface area contributed by atoms with Crippen LogP contribution in [0.4, 0.5) is 8.78 Å². The molecule has 1 aromatic carbocycles. The maximum absolute atomic E-state index is 13.2. The highest BCUT2D eigenvalue weighted by atomic mass is 32.1. The van der Waals surface area contributed by atoms with E-state index in [-0.39, 0.29) is 15.2 Å². The van der Waals surface area contributed by atoms with Gasteiger partial charge < -0.3 is 4.74 Å². The van der Waals surface area contributed by atoms with Gasteiger partial charge in [-0.05, 0) is 6.07 Å². The molecule has 2 rings (SSSR count). The van der Waals surface area contributed by atoms with Gasteiger partial charge in [0.05, 0.1) is 11.8 Å². The van der Waals surface area contributed by atoms with Gasteiger partial charge in [-0.15, -0.1) is 11.3 Å². The van der Waals surface area contributed by atoms with Crippen molar-refractivity contribution in [2.75, 3.05) is 7.11 Å². The molecule has 0 aliphatic rings. The molecule has 1 aromatic heterocycles. The fourth-order valence-corrected chi connectivity index (χ4v) is 2.06. The van der Waals surface area contributed by atoms with Gasteiger partial charge in [-0.25, -0.2) is 18.6 Å². The lowest BCUT2D eigenvalue weighted by molar-refractivity contribution is 0.0600. The van der Waals surface area contributed by atoms with Gasteiger partial charge in [0.2, 0.25) is 5.01 Å². The minimum atomic E-state index is -0.781. The SMILES string of the molecule is COC(=O)c1nc2c(F)cc(F)cc2s1. The highest BCUT2D eigenvalue weighted by molar-refractivity contribution is 7.20. The van der Waals surface area contributed by atoms with Crippen LogP contribution in [0.15, 0.2) is 12.1 Å². The minimum Gasteiger partial charge on any atom is -0.464 e. The van der Waals surface area contributed by atoms with Crippen LogP contribution in [0.5, 0.6) is 0 Å². The van der Waals surface area contributed by atoms with Gasteiger partial charge in [0.1, 0.15) is 11.3 Å². The largest absolute Gasteiger partial charge is 0.464 e. The molecule has 0 saturated heterocycles. The van der Waals surface area contributed by atoms with Crippen molar-refractivity contribution < 1.29 is 18.3 Å². The Balaban J connectivity index is 2.65. The van der Waals surface area contributed by atoms with Crippen LogP contribution in [0.2, 0.25) is 0 Å². The molecule has 15 heavy (non-hydrogen) atoms. The van der Waals surface area contributed by atoms with Crippen LogP contribution in [0.25, 0.3) is 10.2 Å². The summed E-state index contributed by atoms with van der Waals surface area (Å²) >= 11 is 0.893. The Bertz CT molecular complexity index is 538. The average molecular weight is 229 g/mol. The fraction of sp³-hybridized carbons (Fsp3) is 0.111. The van der Waals surface area contributed by atoms with Crippen molar-refractivity contribution in [3.63, 3.8) is 0 Å². The molecule has 0 atom stereocenters. The average Bonchev–Trinajstić information content (AvgIpc) is 2.60. The monoisotopic (exact) mass is 229 g/mol. The molecule has 0 N–H and O–H groups in total. The molecule has 0 aliphatic carbocycles. The smallest absolute Gasteiger partial charge is 0.367 e. The van der Waals surface area contributed by atoms with Gasteiger partial charge in [0, 0.05) is 6.07 Å². The van der Waals surface area contributed by atoms with Crippen molar-refractivity contribution in [2.45, 2.75) is 0 Å². The number of esters is 1. The normalized spacial score (nSPS) is 10.6. The van der Waals surface area contributed by atoms with Crippen molar-refractivity contribution in [1.29, 1.82) is 0 Å². The van der Waals surface area contributed by atoms with Crippen molar-refractivity contribution in [2.24, 2.45) is 0 Å². The Kier molecular flexibility index (Phi) is 2.36. The lowest BCUT2D eigenvalue weighted by Crippen LogP contribution is -1.99. The Morgan fingerprint density at radius 1 is 1.47 bits per heavy atom. The van der Waals surface area contributed by atoms with E-state index in [4.69, 9.17) is 0 Å². The number of rotatable bonds is 1. The third-order valence-electron chi connectivity index (χ3n) is 1.77. The van der Waals surface area contributed by atoms with E-state index in [0.29, 0.717) is 0 Å². The van der Waals surface area contributed by atoms with Crippen LogP contribution in [-0.4, -0.2) is 18.1 Å². The molecule has 0 amide bonds. The molecule has 0 unspecified atom stereocenters. The highest BCUT2D eigenvalue weighted by Gasteiger charge is 2.15. The van der Waals surface area contributed by atoms with E-state index in [1.807, 2.05) is 0 Å². The molecule has 3 nitrogen and oxygen atoms in total. The van der Waals surface area contributed by atoms with E-state index in [9.17, 15) is 13.6 Å². The summed E-state index contributed by atoms with van der Waals surface area (Å²) in [5.74, 6) is -2.13. The maximum atomic E-state index is 13.2. The zero-order valence-corrected chi connectivity index (χ0v) is 8.40. The number of hydrogen-bond donors (Lipinski definition) is 0. The highest BCUT2D eigenvalue weighted by Crippen LogP contribution is 2.25. The molecule has 1 heterocycles. The van der Waals surface area contributed by atoms with Crippen LogP contribution >= 0.6 is 11.3 Å². The lowest BCUT2D eigenvalue weighted by Gasteiger charge is -1.90. The number of aromatic nitrogens is 1. The molecule has 0 aliphatic heterocycles. The standard InChI is InChI=1S/C9H5F2NO2S/c1-14-9(13)8-12-7-5(11)2-4(10)3-6(7)15-8/h2-3H,1H3. The Labute approximate surface area is 87.3 Å². The number of carbonyl (C=O) groups is 1. The molecule has 0 radical (unpaired) electrons. The first kappa shape index (κ1) is 9.97. The number of fused-ring (bicyclic) bond motifs is 1. The van der Waals surface area contributed by atoms with Gasteiger partial charge in [-0.1, -0.05) is 0 Å². The van der Waals surface area contributed by atoms with E-state index in [1.54, 1.807) is 0 Å². The van der Waals surface area contributed by atoms with E-state index >= 15 is 0 Å². The summed E-state index contributed by atoms with van der Waals surface area (Å²) in [6.07, 6.45) is 0. The molecular weight excluding hydrogens is 224 g/mol. The van der Waals surface area contributed by atoms with Crippen LogP contribution < -0.4 is 0 Å². The Morgan fingerprint density at radius 3 is 2.87 bits per heavy atom. The van der Waals surface area contributed by atoms with Crippen molar-refractivity contribution in [1.82, 2.24) is 4.98 Å². The second-order valence-corrected chi connectivity index (χ2v) is 3.78. The third kappa shape index (κ3) is 1.68. The predicted molar refractivity (Wildman–Crippen MR) is 50.9 cm³/mol. The number of halogens is 2. The first-order valence-corrected chi connectivity index (χ1v) is 4.77. The van der Waals surface area contributed by atoms with Crippen molar-refractivity contribution in [3.8, 4) is 0 Å². The summed E-state index contributed by atoms with van der Waals surface area (Å²) < 4.78 is 30.7. The van der Waals surface area contributed by atoms with Crippen molar-refractivity contribution in [3.05, 3.63) is 28.8 Å². The number of benzene rings is 1. The summed E-state index contributed by atoms with van der Waals surface area (Å²) in [5.41, 5.74) is -0.0122. The number of ether oxygens (including phenoxy) is 1. The molecular formula is C9H5F2NO2S. The Hall–Kier alpha value is -1.56. The van der Waals surface area contributed by atoms with Gasteiger partial charge in [0.15, 0.2) is 5.82 Å². The van der Waals surface area contributed by atoms with E-state index in [0.717, 1.165) is 23.5 Å². The summed E-state index contributed by atoms with van der Waals surface area (Å²) in [6.45, 7) is 0. The predicted octanol–water partition coefficient (Wildman–Crippen LogP) is 2.36. The molecule has 78 valence electrons. The molecule has 2 aromatic rings. The zero-order chi connectivity index (χ0) is 11.0. The van der Waals surface area contributed by atoms with E-state index < -0.39 is 17.6 Å². The van der Waals surface area contributed by atoms with Crippen LogP contribution in [-0.2, 0) is 4.74 Å². The minimum absolute atomic E-state index is 0.0111. The summed E-state index contributed by atoms with van der Waals surface area (Å²) in [7, 11) is 1.20. The van der Waals surface area contributed by atoms with E-state index in [2.05, 4.69) is 9.72 Å².